The van der Waals surface area contributed by atoms with Crippen molar-refractivity contribution in [1.82, 2.24) is 0 Å². The summed E-state index contributed by atoms with van der Waals surface area (Å²) in [6.45, 7) is 0. The molecule has 0 unspecified atom stereocenters. The largest absolute Gasteiger partial charge is 0.496 e. The van der Waals surface area contributed by atoms with Gasteiger partial charge in [-0.25, -0.2) is 4.79 Å². The van der Waals surface area contributed by atoms with E-state index in [2.05, 4.69) is 6.07 Å². The van der Waals surface area contributed by atoms with Crippen LogP contribution in [0.4, 0.5) is 0 Å². The first kappa shape index (κ1) is 9.32. The summed E-state index contributed by atoms with van der Waals surface area (Å²) in [5, 5.41) is 8.40. The van der Waals surface area contributed by atoms with Crippen molar-refractivity contribution >= 4 is 12.0 Å². The van der Waals surface area contributed by atoms with E-state index in [9.17, 15) is 4.79 Å². The zero-order valence-corrected chi connectivity index (χ0v) is 7.15. The Hall–Kier alpha value is -1.77. The molecule has 1 aromatic rings. The maximum atomic E-state index is 10.2. The Morgan fingerprint density at radius 3 is 3.08 bits per heavy atom. The molecule has 0 aliphatic rings. The predicted octanol–water partition coefficient (Wildman–Crippen LogP) is 1.59. The lowest BCUT2D eigenvalue weighted by atomic mass is 10.2. The molecule has 67 valence electrons. The summed E-state index contributed by atoms with van der Waals surface area (Å²) in [6, 6.07) is 7.92. The van der Waals surface area contributed by atoms with Crippen molar-refractivity contribution in [2.75, 3.05) is 7.11 Å². The second-order valence-electron chi connectivity index (χ2n) is 2.34. The third-order valence-corrected chi connectivity index (χ3v) is 1.48. The first-order valence-electron chi connectivity index (χ1n) is 3.69. The van der Waals surface area contributed by atoms with Crippen molar-refractivity contribution in [3.63, 3.8) is 0 Å². The highest BCUT2D eigenvalue weighted by molar-refractivity contribution is 5.85. The highest BCUT2D eigenvalue weighted by atomic mass is 16.5. The molecule has 3 nitrogen and oxygen atoms in total. The lowest BCUT2D eigenvalue weighted by Gasteiger charge is -2.01. The average molecular weight is 177 g/mol. The highest BCUT2D eigenvalue weighted by Gasteiger charge is 1.97. The maximum Gasteiger partial charge on any atom is 0.328 e. The molecule has 0 aliphatic heterocycles. The molecule has 1 radical (unpaired) electrons. The lowest BCUT2D eigenvalue weighted by Crippen LogP contribution is -1.88. The Labute approximate surface area is 76.3 Å². The summed E-state index contributed by atoms with van der Waals surface area (Å²) in [6.07, 6.45) is 2.55. The van der Waals surface area contributed by atoms with Crippen molar-refractivity contribution in [2.45, 2.75) is 0 Å². The zero-order chi connectivity index (χ0) is 9.68. The van der Waals surface area contributed by atoms with Gasteiger partial charge in [-0.05, 0) is 18.2 Å². The lowest BCUT2D eigenvalue weighted by molar-refractivity contribution is -0.131. The smallest absolute Gasteiger partial charge is 0.328 e. The molecule has 0 aliphatic carbocycles. The quantitative estimate of drug-likeness (QED) is 0.713. The Kier molecular flexibility index (Phi) is 3.09. The summed E-state index contributed by atoms with van der Waals surface area (Å²) in [5.41, 5.74) is 0.726. The minimum atomic E-state index is -0.977. The van der Waals surface area contributed by atoms with E-state index in [0.717, 1.165) is 11.6 Å². The molecular weight excluding hydrogens is 168 g/mol. The van der Waals surface area contributed by atoms with Gasteiger partial charge in [-0.3, -0.25) is 0 Å². The standard InChI is InChI=1S/C10H9O3/c1-13-9-5-3-2-4-8(9)6-7-10(11)12/h2,4-7H,1H3,(H,11,12)/b7-6+. The van der Waals surface area contributed by atoms with Crippen LogP contribution in [0, 0.1) is 6.07 Å². The molecule has 0 fully saturated rings. The van der Waals surface area contributed by atoms with Crippen molar-refractivity contribution < 1.29 is 14.6 Å². The fourth-order valence-electron chi connectivity index (χ4n) is 0.903. The van der Waals surface area contributed by atoms with E-state index in [1.165, 1.54) is 13.2 Å². The number of rotatable bonds is 3. The molecule has 0 bridgehead atoms. The number of methoxy groups -OCH3 is 1. The van der Waals surface area contributed by atoms with Gasteiger partial charge in [0, 0.05) is 11.6 Å². The van der Waals surface area contributed by atoms with Crippen LogP contribution in [-0.2, 0) is 4.79 Å². The maximum absolute atomic E-state index is 10.2. The molecule has 0 saturated carbocycles. The van der Waals surface area contributed by atoms with Crippen LogP contribution in [0.25, 0.3) is 6.08 Å². The van der Waals surface area contributed by atoms with Crippen molar-refractivity contribution in [3.8, 4) is 5.75 Å². The van der Waals surface area contributed by atoms with E-state index >= 15 is 0 Å². The molecule has 0 aromatic heterocycles. The Morgan fingerprint density at radius 2 is 2.46 bits per heavy atom. The van der Waals surface area contributed by atoms with Crippen LogP contribution < -0.4 is 4.74 Å². The monoisotopic (exact) mass is 177 g/mol. The molecule has 1 aromatic carbocycles. The number of hydrogen-bond acceptors (Lipinski definition) is 2. The fraction of sp³-hybridized carbons (Fsp3) is 0.100. The first-order chi connectivity index (χ1) is 6.24. The molecule has 0 atom stereocenters. The van der Waals surface area contributed by atoms with Gasteiger partial charge < -0.3 is 9.84 Å². The van der Waals surface area contributed by atoms with Gasteiger partial charge in [0.2, 0.25) is 0 Å². The average Bonchev–Trinajstić information content (AvgIpc) is 2.15. The second-order valence-corrected chi connectivity index (χ2v) is 2.34. The minimum Gasteiger partial charge on any atom is -0.496 e. The fourth-order valence-corrected chi connectivity index (χ4v) is 0.903. The van der Waals surface area contributed by atoms with Crippen LogP contribution in [0.2, 0.25) is 0 Å². The molecule has 0 heterocycles. The van der Waals surface area contributed by atoms with Crippen molar-refractivity contribution in [2.24, 2.45) is 0 Å². The van der Waals surface area contributed by atoms with Crippen LogP contribution >= 0.6 is 0 Å². The summed E-state index contributed by atoms with van der Waals surface area (Å²) in [7, 11) is 1.53. The summed E-state index contributed by atoms with van der Waals surface area (Å²) < 4.78 is 5.00. The first-order valence-corrected chi connectivity index (χ1v) is 3.69. The van der Waals surface area contributed by atoms with Gasteiger partial charge in [0.25, 0.3) is 0 Å². The Bertz CT molecular complexity index is 329. The van der Waals surface area contributed by atoms with Gasteiger partial charge in [0.05, 0.1) is 7.11 Å². The molecule has 0 saturated heterocycles. The number of carboxylic acid groups (broad SMARTS) is 1. The number of carbonyl (C=O) groups is 1. The van der Waals surface area contributed by atoms with E-state index in [0.29, 0.717) is 5.75 Å². The number of aliphatic carboxylic acids is 1. The normalized spacial score (nSPS) is 10.2. The topological polar surface area (TPSA) is 46.5 Å². The third kappa shape index (κ3) is 2.63. The molecule has 13 heavy (non-hydrogen) atoms. The number of hydrogen-bond donors (Lipinski definition) is 1. The number of carboxylic acids is 1. The molecule has 1 rings (SSSR count). The van der Waals surface area contributed by atoms with Crippen molar-refractivity contribution in [3.05, 3.63) is 35.9 Å². The molecule has 0 spiro atoms. The number of ether oxygens (including phenoxy) is 1. The van der Waals surface area contributed by atoms with Crippen LogP contribution in [0.3, 0.4) is 0 Å². The molecule has 1 N–H and O–H groups in total. The van der Waals surface area contributed by atoms with Gasteiger partial charge in [0.15, 0.2) is 0 Å². The van der Waals surface area contributed by atoms with Crippen LogP contribution in [0.5, 0.6) is 5.75 Å². The summed E-state index contributed by atoms with van der Waals surface area (Å²) >= 11 is 0. The molecule has 0 amide bonds. The van der Waals surface area contributed by atoms with Crippen molar-refractivity contribution in [1.29, 1.82) is 0 Å². The van der Waals surface area contributed by atoms with E-state index in [1.807, 2.05) is 0 Å². The van der Waals surface area contributed by atoms with Gasteiger partial charge in [-0.15, -0.1) is 0 Å². The van der Waals surface area contributed by atoms with E-state index in [-0.39, 0.29) is 0 Å². The van der Waals surface area contributed by atoms with Crippen LogP contribution in [-0.4, -0.2) is 18.2 Å². The second kappa shape index (κ2) is 4.30. The predicted molar refractivity (Wildman–Crippen MR) is 48.5 cm³/mol. The van der Waals surface area contributed by atoms with Gasteiger partial charge in [-0.2, -0.15) is 0 Å². The minimum absolute atomic E-state index is 0.611. The summed E-state index contributed by atoms with van der Waals surface area (Å²) in [5.74, 6) is -0.366. The molecule has 3 heteroatoms. The highest BCUT2D eigenvalue weighted by Crippen LogP contribution is 2.17. The molecular formula is C10H9O3. The zero-order valence-electron chi connectivity index (χ0n) is 7.15. The van der Waals surface area contributed by atoms with Gasteiger partial charge in [-0.1, -0.05) is 12.1 Å². The van der Waals surface area contributed by atoms with Crippen LogP contribution in [0.15, 0.2) is 24.3 Å². The van der Waals surface area contributed by atoms with E-state index in [4.69, 9.17) is 9.84 Å². The van der Waals surface area contributed by atoms with E-state index in [1.54, 1.807) is 18.2 Å². The third-order valence-electron chi connectivity index (χ3n) is 1.48. The van der Waals surface area contributed by atoms with E-state index < -0.39 is 5.97 Å². The van der Waals surface area contributed by atoms with Gasteiger partial charge in [0.1, 0.15) is 5.75 Å². The van der Waals surface area contributed by atoms with Gasteiger partial charge >= 0.3 is 5.97 Å². The number of benzene rings is 1. The van der Waals surface area contributed by atoms with Crippen LogP contribution in [0.1, 0.15) is 5.56 Å². The SMILES string of the molecule is COc1c[c]ccc1/C=C/C(=O)O. The Balaban J connectivity index is 2.93. The summed E-state index contributed by atoms with van der Waals surface area (Å²) in [4.78, 5) is 10.2. The Morgan fingerprint density at radius 1 is 1.69 bits per heavy atom.